The number of hydrogen-bond acceptors (Lipinski definition) is 4. The summed E-state index contributed by atoms with van der Waals surface area (Å²) in [5.74, 6) is 0.140. The van der Waals surface area contributed by atoms with Gasteiger partial charge in [0.25, 0.3) is 0 Å². The summed E-state index contributed by atoms with van der Waals surface area (Å²) in [6.07, 6.45) is 1.67. The smallest absolute Gasteiger partial charge is 0.306 e. The van der Waals surface area contributed by atoms with Crippen LogP contribution >= 0.6 is 0 Å². The van der Waals surface area contributed by atoms with E-state index in [2.05, 4.69) is 0 Å². The Morgan fingerprint density at radius 2 is 1.83 bits per heavy atom. The minimum atomic E-state index is -0.763. The van der Waals surface area contributed by atoms with Gasteiger partial charge in [-0.3, -0.25) is 9.59 Å². The standard InChI is InChI=1S/C18H25NO5/c1-12(10-13-4-5-15(23-2)16(11-13)24-3)17(20)19-8-6-14(7-9-19)18(21)22/h4-5,11-12,14H,6-10H2,1-3H3,(H,21,22). The van der Waals surface area contributed by atoms with E-state index in [0.717, 1.165) is 5.56 Å². The maximum atomic E-state index is 12.6. The molecule has 1 N–H and O–H groups in total. The van der Waals surface area contributed by atoms with Crippen molar-refractivity contribution in [3.63, 3.8) is 0 Å². The van der Waals surface area contributed by atoms with Crippen molar-refractivity contribution in [2.45, 2.75) is 26.2 Å². The Bertz CT molecular complexity index is 593. The molecular weight excluding hydrogens is 310 g/mol. The summed E-state index contributed by atoms with van der Waals surface area (Å²) in [6.45, 7) is 2.94. The first kappa shape index (κ1) is 18.1. The number of carbonyl (C=O) groups excluding carboxylic acids is 1. The number of likely N-dealkylation sites (tertiary alicyclic amines) is 1. The topological polar surface area (TPSA) is 76.1 Å². The molecule has 1 atom stereocenters. The molecule has 132 valence electrons. The van der Waals surface area contributed by atoms with Gasteiger partial charge in [0.1, 0.15) is 0 Å². The number of carboxylic acid groups (broad SMARTS) is 1. The first-order valence-electron chi connectivity index (χ1n) is 8.18. The van der Waals surface area contributed by atoms with Crippen LogP contribution in [-0.2, 0) is 16.0 Å². The van der Waals surface area contributed by atoms with Gasteiger partial charge in [-0.25, -0.2) is 0 Å². The first-order chi connectivity index (χ1) is 11.5. The monoisotopic (exact) mass is 335 g/mol. The highest BCUT2D eigenvalue weighted by molar-refractivity contribution is 5.79. The fourth-order valence-corrected chi connectivity index (χ4v) is 3.11. The quantitative estimate of drug-likeness (QED) is 0.862. The van der Waals surface area contributed by atoms with Crippen molar-refractivity contribution in [3.8, 4) is 11.5 Å². The molecule has 0 aliphatic carbocycles. The molecule has 1 aliphatic heterocycles. The Hall–Kier alpha value is -2.24. The Kier molecular flexibility index (Phi) is 6.06. The molecule has 2 rings (SSSR count). The molecule has 24 heavy (non-hydrogen) atoms. The fraction of sp³-hybridized carbons (Fsp3) is 0.556. The van der Waals surface area contributed by atoms with Crippen molar-refractivity contribution < 1.29 is 24.2 Å². The first-order valence-corrected chi connectivity index (χ1v) is 8.18. The van der Waals surface area contributed by atoms with Crippen LogP contribution in [0.15, 0.2) is 18.2 Å². The number of piperidine rings is 1. The Labute approximate surface area is 142 Å². The zero-order valence-electron chi connectivity index (χ0n) is 14.4. The summed E-state index contributed by atoms with van der Waals surface area (Å²) in [6, 6.07) is 5.66. The minimum absolute atomic E-state index is 0.0774. The van der Waals surface area contributed by atoms with Crippen LogP contribution < -0.4 is 9.47 Å². The molecule has 0 spiro atoms. The molecule has 0 bridgehead atoms. The van der Waals surface area contributed by atoms with E-state index in [1.165, 1.54) is 0 Å². The number of ether oxygens (including phenoxy) is 2. The molecule has 1 saturated heterocycles. The summed E-state index contributed by atoms with van der Waals surface area (Å²) in [5.41, 5.74) is 1.01. The molecule has 0 radical (unpaired) electrons. The highest BCUT2D eigenvalue weighted by Gasteiger charge is 2.29. The maximum Gasteiger partial charge on any atom is 0.306 e. The molecule has 6 heteroatoms. The maximum absolute atomic E-state index is 12.6. The van der Waals surface area contributed by atoms with Crippen molar-refractivity contribution in [2.75, 3.05) is 27.3 Å². The lowest BCUT2D eigenvalue weighted by Crippen LogP contribution is -2.43. The van der Waals surface area contributed by atoms with Gasteiger partial charge in [0, 0.05) is 19.0 Å². The molecular formula is C18H25NO5. The van der Waals surface area contributed by atoms with Crippen LogP contribution in [0.2, 0.25) is 0 Å². The number of aliphatic carboxylic acids is 1. The SMILES string of the molecule is COc1ccc(CC(C)C(=O)N2CCC(C(=O)O)CC2)cc1OC. The number of carboxylic acids is 1. The van der Waals surface area contributed by atoms with Gasteiger partial charge in [0.15, 0.2) is 11.5 Å². The van der Waals surface area contributed by atoms with Crippen molar-refractivity contribution in [2.24, 2.45) is 11.8 Å². The number of amides is 1. The van der Waals surface area contributed by atoms with E-state index < -0.39 is 5.97 Å². The van der Waals surface area contributed by atoms with Crippen LogP contribution in [0.5, 0.6) is 11.5 Å². The third kappa shape index (κ3) is 4.19. The molecule has 1 heterocycles. The lowest BCUT2D eigenvalue weighted by molar-refractivity contribution is -0.146. The van der Waals surface area contributed by atoms with Gasteiger partial charge in [-0.05, 0) is 37.0 Å². The van der Waals surface area contributed by atoms with Crippen LogP contribution in [0.25, 0.3) is 0 Å². The summed E-state index contributed by atoms with van der Waals surface area (Å²) < 4.78 is 10.5. The van der Waals surface area contributed by atoms with Gasteiger partial charge >= 0.3 is 5.97 Å². The van der Waals surface area contributed by atoms with E-state index in [-0.39, 0.29) is 17.7 Å². The van der Waals surface area contributed by atoms with Crippen LogP contribution in [0, 0.1) is 11.8 Å². The lowest BCUT2D eigenvalue weighted by atomic mass is 9.94. The van der Waals surface area contributed by atoms with Crippen molar-refractivity contribution in [3.05, 3.63) is 23.8 Å². The second kappa shape index (κ2) is 8.04. The van der Waals surface area contributed by atoms with Gasteiger partial charge in [-0.15, -0.1) is 0 Å². The summed E-state index contributed by atoms with van der Waals surface area (Å²) in [4.78, 5) is 25.4. The lowest BCUT2D eigenvalue weighted by Gasteiger charge is -2.32. The van der Waals surface area contributed by atoms with Crippen molar-refractivity contribution in [1.82, 2.24) is 4.90 Å². The fourth-order valence-electron chi connectivity index (χ4n) is 3.11. The normalized spacial score (nSPS) is 16.5. The van der Waals surface area contributed by atoms with E-state index in [4.69, 9.17) is 14.6 Å². The van der Waals surface area contributed by atoms with E-state index in [1.807, 2.05) is 25.1 Å². The number of methoxy groups -OCH3 is 2. The van der Waals surface area contributed by atoms with E-state index in [9.17, 15) is 9.59 Å². The van der Waals surface area contributed by atoms with Crippen LogP contribution in [0.4, 0.5) is 0 Å². The molecule has 6 nitrogen and oxygen atoms in total. The van der Waals surface area contributed by atoms with Crippen LogP contribution in [-0.4, -0.2) is 49.2 Å². The van der Waals surface area contributed by atoms with Gasteiger partial charge in [0.05, 0.1) is 20.1 Å². The van der Waals surface area contributed by atoms with Gasteiger partial charge in [-0.1, -0.05) is 13.0 Å². The minimum Gasteiger partial charge on any atom is -0.493 e. The average molecular weight is 335 g/mol. The number of rotatable bonds is 6. The van der Waals surface area contributed by atoms with Gasteiger partial charge in [-0.2, -0.15) is 0 Å². The van der Waals surface area contributed by atoms with Gasteiger partial charge in [0.2, 0.25) is 5.91 Å². The molecule has 1 amide bonds. The van der Waals surface area contributed by atoms with Crippen LogP contribution in [0.3, 0.4) is 0 Å². The third-order valence-corrected chi connectivity index (χ3v) is 4.57. The van der Waals surface area contributed by atoms with E-state index in [0.29, 0.717) is 43.9 Å². The molecule has 1 aromatic carbocycles. The number of carbonyl (C=O) groups is 2. The molecule has 1 aromatic rings. The van der Waals surface area contributed by atoms with Crippen molar-refractivity contribution in [1.29, 1.82) is 0 Å². The summed E-state index contributed by atoms with van der Waals surface area (Å²) >= 11 is 0. The Balaban J connectivity index is 1.96. The number of nitrogens with zero attached hydrogens (tertiary/aromatic N) is 1. The molecule has 1 unspecified atom stereocenters. The number of benzene rings is 1. The summed E-state index contributed by atoms with van der Waals surface area (Å²) in [5, 5.41) is 9.03. The zero-order valence-corrected chi connectivity index (χ0v) is 14.4. The largest absolute Gasteiger partial charge is 0.493 e. The Morgan fingerprint density at radius 3 is 2.38 bits per heavy atom. The predicted octanol–water partition coefficient (Wildman–Crippen LogP) is 2.21. The molecule has 0 saturated carbocycles. The molecule has 0 aromatic heterocycles. The van der Waals surface area contributed by atoms with Crippen LogP contribution in [0.1, 0.15) is 25.3 Å². The van der Waals surface area contributed by atoms with E-state index in [1.54, 1.807) is 19.1 Å². The van der Waals surface area contributed by atoms with Crippen molar-refractivity contribution >= 4 is 11.9 Å². The summed E-state index contributed by atoms with van der Waals surface area (Å²) in [7, 11) is 3.17. The van der Waals surface area contributed by atoms with E-state index >= 15 is 0 Å². The number of hydrogen-bond donors (Lipinski definition) is 1. The third-order valence-electron chi connectivity index (χ3n) is 4.57. The molecule has 1 aliphatic rings. The van der Waals surface area contributed by atoms with Gasteiger partial charge < -0.3 is 19.5 Å². The molecule has 1 fully saturated rings. The zero-order chi connectivity index (χ0) is 17.7. The Morgan fingerprint density at radius 1 is 1.21 bits per heavy atom. The predicted molar refractivity (Wildman–Crippen MR) is 89.4 cm³/mol. The highest BCUT2D eigenvalue weighted by atomic mass is 16.5. The second-order valence-corrected chi connectivity index (χ2v) is 6.23. The average Bonchev–Trinajstić information content (AvgIpc) is 2.60. The second-order valence-electron chi connectivity index (χ2n) is 6.23. The highest BCUT2D eigenvalue weighted by Crippen LogP contribution is 2.29.